The minimum absolute atomic E-state index is 0.0686. The molecule has 0 aliphatic carbocycles. The van der Waals surface area contributed by atoms with E-state index in [1.807, 2.05) is 89.6 Å². The van der Waals surface area contributed by atoms with Gasteiger partial charge in [0.15, 0.2) is 11.3 Å². The second kappa shape index (κ2) is 30.6. The number of aromatic nitrogens is 8. The zero-order valence-electron chi connectivity index (χ0n) is 59.1. The summed E-state index contributed by atoms with van der Waals surface area (Å²) in [5.41, 5.74) is 11.5. The van der Waals surface area contributed by atoms with E-state index in [9.17, 15) is 41.9 Å². The molecule has 4 atom stereocenters. The number of amides is 6. The summed E-state index contributed by atoms with van der Waals surface area (Å²) in [7, 11) is 0. The number of imide groups is 2. The molecule has 4 aromatic carbocycles. The molecule has 6 saturated heterocycles. The van der Waals surface area contributed by atoms with Gasteiger partial charge < -0.3 is 35.1 Å². The molecule has 2 unspecified atom stereocenters. The van der Waals surface area contributed by atoms with E-state index in [4.69, 9.17) is 15.2 Å². The number of anilines is 4. The Morgan fingerprint density at radius 2 is 1.02 bits per heavy atom. The van der Waals surface area contributed by atoms with Gasteiger partial charge in [0.25, 0.3) is 11.8 Å². The summed E-state index contributed by atoms with van der Waals surface area (Å²) in [6.07, 6.45) is 15.4. The number of rotatable bonds is 15. The Bertz CT molecular complexity index is 5060. The van der Waals surface area contributed by atoms with Crippen LogP contribution in [0.2, 0.25) is 0 Å². The summed E-state index contributed by atoms with van der Waals surface area (Å²) in [5, 5.41) is 21.5. The highest BCUT2D eigenvalue weighted by molar-refractivity contribution is 6.06. The first-order valence-corrected chi connectivity index (χ1v) is 37.3. The van der Waals surface area contributed by atoms with Crippen LogP contribution in [0.25, 0.3) is 34.1 Å². The van der Waals surface area contributed by atoms with Crippen LogP contribution >= 0.6 is 0 Å². The van der Waals surface area contributed by atoms with Gasteiger partial charge in [0.05, 0.1) is 35.9 Å². The van der Waals surface area contributed by atoms with Crippen LogP contribution in [0.5, 0.6) is 0 Å². The van der Waals surface area contributed by atoms with Crippen molar-refractivity contribution in [3.05, 3.63) is 215 Å². The molecule has 0 spiro atoms. The molecule has 10 aromatic rings. The molecular weight excluding hydrogens is 1360 g/mol. The molecule has 4 N–H and O–H groups in total. The number of hydrogen-bond acceptors (Lipinski definition) is 17. The first-order chi connectivity index (χ1) is 52.2. The fourth-order valence-electron chi connectivity index (χ4n) is 16.5. The van der Waals surface area contributed by atoms with Crippen molar-refractivity contribution >= 4 is 69.9 Å². The maximum atomic E-state index is 14.1. The van der Waals surface area contributed by atoms with Gasteiger partial charge in [-0.05, 0) is 227 Å². The molecule has 23 nitrogen and oxygen atoms in total. The number of imidazole rings is 2. The van der Waals surface area contributed by atoms with Gasteiger partial charge >= 0.3 is 0 Å². The number of hydrogen-bond donors (Lipinski definition) is 4. The van der Waals surface area contributed by atoms with Crippen LogP contribution in [0.4, 0.5) is 36.3 Å². The van der Waals surface area contributed by atoms with E-state index in [0.717, 1.165) is 159 Å². The Morgan fingerprint density at radius 3 is 1.58 bits per heavy atom. The molecule has 26 heteroatoms. The van der Waals surface area contributed by atoms with Gasteiger partial charge in [0.2, 0.25) is 29.6 Å². The number of aryl methyl sites for hydroxylation is 1. The number of pyridine rings is 2. The minimum atomic E-state index is -0.615. The zero-order chi connectivity index (χ0) is 73.2. The van der Waals surface area contributed by atoms with Crippen molar-refractivity contribution in [2.24, 2.45) is 11.8 Å². The average Bonchev–Trinajstić information content (AvgIpc) is 1.65. The summed E-state index contributed by atoms with van der Waals surface area (Å²) in [4.78, 5) is 101. The third kappa shape index (κ3) is 15.0. The number of fused-ring (bicyclic) bond motifs is 4. The molecule has 107 heavy (non-hydrogen) atoms. The highest BCUT2D eigenvalue weighted by Crippen LogP contribution is 2.39. The second-order valence-corrected chi connectivity index (χ2v) is 29.0. The molecule has 0 saturated carbocycles. The van der Waals surface area contributed by atoms with Gasteiger partial charge in [-0.25, -0.2) is 37.7 Å². The summed E-state index contributed by atoms with van der Waals surface area (Å²) >= 11 is 0. The SMILES string of the molecule is Fc1cccc([C@H]2CCCN2c2ccc3ncc(-c4cccc(F)n4)n3n2)c1.O=C1CCC(N2Cc3cc(CCC4CCNCC4)ccc3C2=O)C(=O)N1.O=C1CCC(N2Cc3cc(NCC4CCN(c5cccc(-c6cnc7ccc(N8CCC[C@@H]8c8cccc(F)c8)nn67)n5)CC4)ccc3C2=O)C(=O)N1. The molecule has 548 valence electrons. The number of nitrogens with zero attached hydrogens (tertiary/aromatic N) is 13. The van der Waals surface area contributed by atoms with Crippen molar-refractivity contribution in [3.63, 3.8) is 0 Å². The lowest BCUT2D eigenvalue weighted by molar-refractivity contribution is -0.138. The van der Waals surface area contributed by atoms with Crippen LogP contribution in [0.15, 0.2) is 158 Å². The fourth-order valence-corrected chi connectivity index (χ4v) is 16.5. The van der Waals surface area contributed by atoms with E-state index < -0.39 is 23.9 Å². The van der Waals surface area contributed by atoms with Crippen LogP contribution in [-0.4, -0.2) is 142 Å². The van der Waals surface area contributed by atoms with Crippen molar-refractivity contribution in [3.8, 4) is 22.8 Å². The predicted octanol–water partition coefficient (Wildman–Crippen LogP) is 11.2. The topological polar surface area (TPSA) is 253 Å². The van der Waals surface area contributed by atoms with E-state index in [1.54, 1.807) is 56.9 Å². The normalized spacial score (nSPS) is 20.5. The lowest BCUT2D eigenvalue weighted by Gasteiger charge is -2.33. The Kier molecular flexibility index (Phi) is 20.0. The number of benzene rings is 4. The first kappa shape index (κ1) is 69.9. The predicted molar refractivity (Wildman–Crippen MR) is 396 cm³/mol. The van der Waals surface area contributed by atoms with Gasteiger partial charge in [-0.1, -0.05) is 48.5 Å². The van der Waals surface area contributed by atoms with Gasteiger partial charge in [-0.3, -0.25) is 39.4 Å². The van der Waals surface area contributed by atoms with Crippen molar-refractivity contribution in [1.82, 2.24) is 64.9 Å². The van der Waals surface area contributed by atoms with Gasteiger partial charge in [-0.2, -0.15) is 4.39 Å². The average molecular weight is 1450 g/mol. The Hall–Kier alpha value is -11.4. The third-order valence-corrected chi connectivity index (χ3v) is 22.2. The van der Waals surface area contributed by atoms with Crippen molar-refractivity contribution in [2.45, 2.75) is 127 Å². The molecule has 18 rings (SSSR count). The van der Waals surface area contributed by atoms with E-state index in [-0.39, 0.29) is 66.1 Å². The molecule has 8 aliphatic rings. The Morgan fingerprint density at radius 1 is 0.477 bits per heavy atom. The monoisotopic (exact) mass is 1450 g/mol. The van der Waals surface area contributed by atoms with Crippen LogP contribution in [0.3, 0.4) is 0 Å². The smallest absolute Gasteiger partial charge is 0.255 e. The third-order valence-electron chi connectivity index (χ3n) is 22.2. The van der Waals surface area contributed by atoms with Gasteiger partial charge in [-0.15, -0.1) is 10.2 Å². The molecule has 8 aliphatic heterocycles. The Balaban J connectivity index is 0.000000136. The molecular formula is C81H82F3N17O6. The molecule has 6 aromatic heterocycles. The summed E-state index contributed by atoms with van der Waals surface area (Å²) in [5.74, 6) is 1.24. The number of carbonyl (C=O) groups is 6. The number of nitrogens with one attached hydrogen (secondary N) is 4. The lowest BCUT2D eigenvalue weighted by Crippen LogP contribution is -2.52. The molecule has 6 amide bonds. The van der Waals surface area contributed by atoms with Crippen LogP contribution in [0.1, 0.15) is 144 Å². The standard InChI is InChI=1S/C40H40FN9O3.C21H17F2N5.C20H25N3O3/c41-28-5-1-4-26(20-28)32-7-3-17-48(32)37-13-12-35-43-23-34(50(35)46-37)31-6-2-8-36(44-31)47-18-15-25(16-19-47)22-42-29-9-10-30-27(21-29)24-49(40(30)53)33-11-14-38(51)45-39(33)52;22-15-5-1-4-14(12-15)17-7-3-11-27(17)21-10-9-20-24-13-18(28(20)26-21)16-6-2-8-19(23)25-16;24-18-6-5-17(19(25)22-18)23-12-15-11-14(3-4-16(15)20(23)26)2-1-13-7-9-21-10-8-13/h1-2,4-6,8-10,12-13,20-21,23,25,32-33,42H,3,7,11,14-19,22,24H2,(H,45,51,52);1-2,4-6,8-10,12-13,17H,3,7,11H2;3-4,11,13,17,21H,1-2,5-10,12H2,(H,22,24,25)/t32-,33?;17-;/m11./s1. The van der Waals surface area contributed by atoms with Crippen LogP contribution in [0, 0.1) is 29.4 Å². The Labute approximate surface area is 616 Å². The maximum Gasteiger partial charge on any atom is 0.255 e. The first-order valence-electron chi connectivity index (χ1n) is 37.3. The van der Waals surface area contributed by atoms with E-state index >= 15 is 0 Å². The molecule has 0 radical (unpaired) electrons. The van der Waals surface area contributed by atoms with E-state index in [0.29, 0.717) is 60.0 Å². The summed E-state index contributed by atoms with van der Waals surface area (Å²) in [6.45, 7) is 7.32. The number of carbonyl (C=O) groups excluding carboxylic acids is 6. The van der Waals surface area contributed by atoms with Crippen molar-refractivity contribution in [2.75, 3.05) is 65.8 Å². The van der Waals surface area contributed by atoms with Gasteiger partial charge in [0.1, 0.15) is 52.6 Å². The van der Waals surface area contributed by atoms with Gasteiger partial charge in [0, 0.05) is 75.5 Å². The van der Waals surface area contributed by atoms with Crippen molar-refractivity contribution < 1.29 is 41.9 Å². The lowest BCUT2D eigenvalue weighted by atomic mass is 9.91. The van der Waals surface area contributed by atoms with Crippen LogP contribution in [-0.2, 0) is 38.7 Å². The van der Waals surface area contributed by atoms with Crippen molar-refractivity contribution in [1.29, 1.82) is 0 Å². The maximum absolute atomic E-state index is 14.1. The quantitative estimate of drug-likeness (QED) is 0.0550. The molecule has 6 fully saturated rings. The fraction of sp³-hybridized carbons (Fsp3) is 0.358. The summed E-state index contributed by atoms with van der Waals surface area (Å²) in [6, 6.07) is 42.9. The van der Waals surface area contributed by atoms with E-state index in [2.05, 4.69) is 63.1 Å². The largest absolute Gasteiger partial charge is 0.385 e. The molecule has 14 heterocycles. The highest BCUT2D eigenvalue weighted by atomic mass is 19.1. The molecule has 0 bridgehead atoms. The number of halogens is 3. The number of piperidine rings is 4. The summed E-state index contributed by atoms with van der Waals surface area (Å²) < 4.78 is 44.9. The van der Waals surface area contributed by atoms with Crippen LogP contribution < -0.4 is 36.0 Å². The minimum Gasteiger partial charge on any atom is -0.385 e. The zero-order valence-corrected chi connectivity index (χ0v) is 59.1. The second-order valence-electron chi connectivity index (χ2n) is 29.0. The highest BCUT2D eigenvalue weighted by Gasteiger charge is 2.41. The van der Waals surface area contributed by atoms with E-state index in [1.165, 1.54) is 43.0 Å².